The maximum atomic E-state index is 12.3. The summed E-state index contributed by atoms with van der Waals surface area (Å²) in [6.45, 7) is 7.88. The van der Waals surface area contributed by atoms with E-state index >= 15 is 0 Å². The zero-order valence-electron chi connectivity index (χ0n) is 13.1. The summed E-state index contributed by atoms with van der Waals surface area (Å²) in [4.78, 5) is 28.2. The summed E-state index contributed by atoms with van der Waals surface area (Å²) in [6.07, 6.45) is 0.914. The third-order valence-electron chi connectivity index (χ3n) is 3.59. The summed E-state index contributed by atoms with van der Waals surface area (Å²) in [5.41, 5.74) is 0.889. The Labute approximate surface area is 126 Å². The minimum atomic E-state index is -0.0213. The van der Waals surface area contributed by atoms with Gasteiger partial charge in [0.25, 0.3) is 0 Å². The highest BCUT2D eigenvalue weighted by Crippen LogP contribution is 2.22. The van der Waals surface area contributed by atoms with Crippen molar-refractivity contribution < 1.29 is 9.59 Å². The topological polar surface area (TPSA) is 40.6 Å². The van der Waals surface area contributed by atoms with Gasteiger partial charge in [-0.25, -0.2) is 0 Å². The van der Waals surface area contributed by atoms with E-state index in [1.54, 1.807) is 4.90 Å². The van der Waals surface area contributed by atoms with Gasteiger partial charge in [-0.1, -0.05) is 39.0 Å². The first kappa shape index (κ1) is 15.5. The summed E-state index contributed by atoms with van der Waals surface area (Å²) in [5.74, 6) is 0.234. The lowest BCUT2D eigenvalue weighted by atomic mass is 9.91. The monoisotopic (exact) mass is 288 g/mol. The fourth-order valence-electron chi connectivity index (χ4n) is 2.52. The lowest BCUT2D eigenvalue weighted by Gasteiger charge is -2.25. The van der Waals surface area contributed by atoms with E-state index in [4.69, 9.17) is 0 Å². The number of carbonyl (C=O) groups excluding carboxylic acids is 2. The average Bonchev–Trinajstić information content (AvgIpc) is 2.60. The molecule has 0 aromatic heterocycles. The van der Waals surface area contributed by atoms with E-state index in [1.165, 1.54) is 0 Å². The molecule has 1 aromatic rings. The largest absolute Gasteiger partial charge is 0.340 e. The third kappa shape index (κ3) is 4.31. The smallest absolute Gasteiger partial charge is 0.228 e. The highest BCUT2D eigenvalue weighted by atomic mass is 16.2. The van der Waals surface area contributed by atoms with Gasteiger partial charge in [-0.15, -0.1) is 0 Å². The number of para-hydroxylation sites is 1. The van der Waals surface area contributed by atoms with Crippen LogP contribution < -0.4 is 4.90 Å². The summed E-state index contributed by atoms with van der Waals surface area (Å²) in [7, 11) is 0. The van der Waals surface area contributed by atoms with Crippen LogP contribution in [0.2, 0.25) is 0 Å². The van der Waals surface area contributed by atoms with Crippen LogP contribution in [0.4, 0.5) is 5.69 Å². The zero-order chi connectivity index (χ0) is 15.5. The van der Waals surface area contributed by atoms with Gasteiger partial charge in [0.1, 0.15) is 0 Å². The molecule has 0 aliphatic carbocycles. The highest BCUT2D eigenvalue weighted by Gasteiger charge is 2.26. The Balaban J connectivity index is 2.04. The highest BCUT2D eigenvalue weighted by molar-refractivity contribution is 5.94. The van der Waals surface area contributed by atoms with Crippen LogP contribution in [-0.2, 0) is 9.59 Å². The number of nitrogens with zero attached hydrogens (tertiary/aromatic N) is 2. The predicted molar refractivity (Wildman–Crippen MR) is 84.1 cm³/mol. The Bertz CT molecular complexity index is 505. The Morgan fingerprint density at radius 1 is 1.10 bits per heavy atom. The first-order chi connectivity index (χ1) is 9.87. The lowest BCUT2D eigenvalue weighted by molar-refractivity contribution is -0.132. The minimum absolute atomic E-state index is 0.0213. The molecule has 1 saturated heterocycles. The Morgan fingerprint density at radius 3 is 2.38 bits per heavy atom. The van der Waals surface area contributed by atoms with E-state index in [0.717, 1.165) is 5.69 Å². The van der Waals surface area contributed by atoms with E-state index in [9.17, 15) is 9.59 Å². The van der Waals surface area contributed by atoms with E-state index in [-0.39, 0.29) is 17.2 Å². The maximum absolute atomic E-state index is 12.3. The second-order valence-corrected chi connectivity index (χ2v) is 6.75. The predicted octanol–water partition coefficient (Wildman–Crippen LogP) is 2.69. The molecule has 0 saturated carbocycles. The minimum Gasteiger partial charge on any atom is -0.340 e. The Kier molecular flexibility index (Phi) is 4.66. The number of amides is 2. The molecule has 1 heterocycles. The van der Waals surface area contributed by atoms with Gasteiger partial charge in [-0.3, -0.25) is 9.59 Å². The van der Waals surface area contributed by atoms with Crippen molar-refractivity contribution in [3.63, 3.8) is 0 Å². The number of anilines is 1. The molecule has 2 amide bonds. The van der Waals surface area contributed by atoms with Gasteiger partial charge in [0.05, 0.1) is 0 Å². The molecule has 114 valence electrons. The molecule has 0 unspecified atom stereocenters. The van der Waals surface area contributed by atoms with Gasteiger partial charge in [0, 0.05) is 38.2 Å². The van der Waals surface area contributed by atoms with Crippen molar-refractivity contribution in [1.82, 2.24) is 4.90 Å². The number of carbonyl (C=O) groups is 2. The Morgan fingerprint density at radius 2 is 1.76 bits per heavy atom. The number of benzene rings is 1. The van der Waals surface area contributed by atoms with Gasteiger partial charge in [-0.2, -0.15) is 0 Å². The van der Waals surface area contributed by atoms with E-state index in [0.29, 0.717) is 32.5 Å². The average molecular weight is 288 g/mol. The number of rotatable bonds is 2. The van der Waals surface area contributed by atoms with Crippen LogP contribution in [-0.4, -0.2) is 36.3 Å². The third-order valence-corrected chi connectivity index (χ3v) is 3.59. The standard InChI is InChI=1S/C17H24N2O2/c1-17(2,3)13-16(21)18-10-9-15(20)19(12-11-18)14-7-5-4-6-8-14/h4-8H,9-13H2,1-3H3. The van der Waals surface area contributed by atoms with Crippen LogP contribution in [0.1, 0.15) is 33.6 Å². The Hall–Kier alpha value is -1.84. The van der Waals surface area contributed by atoms with Crippen LogP contribution in [0, 0.1) is 5.41 Å². The molecule has 1 fully saturated rings. The van der Waals surface area contributed by atoms with Crippen LogP contribution in [0.15, 0.2) is 30.3 Å². The molecule has 0 spiro atoms. The maximum Gasteiger partial charge on any atom is 0.228 e. The van der Waals surface area contributed by atoms with Gasteiger partial charge in [-0.05, 0) is 17.5 Å². The van der Waals surface area contributed by atoms with Crippen LogP contribution in [0.3, 0.4) is 0 Å². The molecule has 0 N–H and O–H groups in total. The molecule has 2 rings (SSSR count). The summed E-state index contributed by atoms with van der Waals surface area (Å²) in [6, 6.07) is 9.66. The quantitative estimate of drug-likeness (QED) is 0.839. The van der Waals surface area contributed by atoms with Gasteiger partial charge < -0.3 is 9.80 Å². The van der Waals surface area contributed by atoms with Crippen LogP contribution in [0.5, 0.6) is 0 Å². The van der Waals surface area contributed by atoms with Crippen molar-refractivity contribution in [2.24, 2.45) is 5.41 Å². The molecule has 1 aromatic carbocycles. The first-order valence-electron chi connectivity index (χ1n) is 7.50. The molecule has 4 nitrogen and oxygen atoms in total. The molecule has 0 atom stereocenters. The molecular weight excluding hydrogens is 264 g/mol. The van der Waals surface area contributed by atoms with Gasteiger partial charge in [0.2, 0.25) is 11.8 Å². The van der Waals surface area contributed by atoms with Crippen molar-refractivity contribution >= 4 is 17.5 Å². The summed E-state index contributed by atoms with van der Waals surface area (Å²) >= 11 is 0. The molecule has 1 aliphatic heterocycles. The van der Waals surface area contributed by atoms with Crippen molar-refractivity contribution in [1.29, 1.82) is 0 Å². The summed E-state index contributed by atoms with van der Waals surface area (Å²) in [5, 5.41) is 0. The molecule has 21 heavy (non-hydrogen) atoms. The zero-order valence-corrected chi connectivity index (χ0v) is 13.1. The normalized spacial score (nSPS) is 16.8. The molecule has 1 aliphatic rings. The van der Waals surface area contributed by atoms with Crippen molar-refractivity contribution in [3.8, 4) is 0 Å². The fraction of sp³-hybridized carbons (Fsp3) is 0.529. The van der Waals surface area contributed by atoms with Crippen molar-refractivity contribution in [2.45, 2.75) is 33.6 Å². The van der Waals surface area contributed by atoms with Crippen molar-refractivity contribution in [3.05, 3.63) is 30.3 Å². The molecule has 0 radical (unpaired) electrons. The second kappa shape index (κ2) is 6.29. The fourth-order valence-corrected chi connectivity index (χ4v) is 2.52. The summed E-state index contributed by atoms with van der Waals surface area (Å²) < 4.78 is 0. The lowest BCUT2D eigenvalue weighted by Crippen LogP contribution is -2.37. The molecule has 4 heteroatoms. The van der Waals surface area contributed by atoms with E-state index < -0.39 is 0 Å². The van der Waals surface area contributed by atoms with Crippen LogP contribution in [0.25, 0.3) is 0 Å². The number of hydrogen-bond acceptors (Lipinski definition) is 2. The SMILES string of the molecule is CC(C)(C)CC(=O)N1CCC(=O)N(c2ccccc2)CC1. The van der Waals surface area contributed by atoms with E-state index in [2.05, 4.69) is 20.8 Å². The second-order valence-electron chi connectivity index (χ2n) is 6.75. The van der Waals surface area contributed by atoms with Gasteiger partial charge >= 0.3 is 0 Å². The first-order valence-corrected chi connectivity index (χ1v) is 7.50. The van der Waals surface area contributed by atoms with Gasteiger partial charge in [0.15, 0.2) is 0 Å². The van der Waals surface area contributed by atoms with Crippen LogP contribution >= 0.6 is 0 Å². The molecule has 0 bridgehead atoms. The van der Waals surface area contributed by atoms with E-state index in [1.807, 2.05) is 35.2 Å². The number of hydrogen-bond donors (Lipinski definition) is 0. The molecular formula is C17H24N2O2. The van der Waals surface area contributed by atoms with Crippen molar-refractivity contribution in [2.75, 3.05) is 24.5 Å².